The van der Waals surface area contributed by atoms with Crippen molar-refractivity contribution in [1.29, 1.82) is 0 Å². The van der Waals surface area contributed by atoms with Crippen LogP contribution in [0.2, 0.25) is 0 Å². The summed E-state index contributed by atoms with van der Waals surface area (Å²) in [6.45, 7) is 4.59. The number of aliphatic hydroxyl groups excluding tert-OH is 1. The Morgan fingerprint density at radius 2 is 2.15 bits per heavy atom. The summed E-state index contributed by atoms with van der Waals surface area (Å²) in [5.74, 6) is 1.16. The molecule has 2 aromatic rings. The highest BCUT2D eigenvalue weighted by Crippen LogP contribution is 2.40. The summed E-state index contributed by atoms with van der Waals surface area (Å²) < 4.78 is 11.8. The molecule has 7 nitrogen and oxygen atoms in total. The van der Waals surface area contributed by atoms with Crippen LogP contribution in [0.15, 0.2) is 36.5 Å². The summed E-state index contributed by atoms with van der Waals surface area (Å²) in [5.41, 5.74) is 2.74. The number of aromatic nitrogens is 1. The van der Waals surface area contributed by atoms with Crippen LogP contribution in [0, 0.1) is 0 Å². The van der Waals surface area contributed by atoms with Gasteiger partial charge in [-0.1, -0.05) is 26.0 Å². The molecule has 142 valence electrons. The zero-order valence-electron chi connectivity index (χ0n) is 15.4. The van der Waals surface area contributed by atoms with E-state index in [2.05, 4.69) is 17.2 Å². The fourth-order valence-corrected chi connectivity index (χ4v) is 3.64. The zero-order valence-corrected chi connectivity index (χ0v) is 15.4. The molecule has 0 saturated carbocycles. The van der Waals surface area contributed by atoms with E-state index in [0.717, 1.165) is 23.3 Å². The van der Waals surface area contributed by atoms with Crippen LogP contribution in [-0.2, 0) is 11.3 Å². The molecule has 1 fully saturated rings. The number of aliphatic hydroxyl groups is 1. The third kappa shape index (κ3) is 3.13. The summed E-state index contributed by atoms with van der Waals surface area (Å²) >= 11 is 0. The highest BCUT2D eigenvalue weighted by Gasteiger charge is 2.38. The molecule has 0 radical (unpaired) electrons. The first-order chi connectivity index (χ1) is 13.1. The molecule has 0 aliphatic carbocycles. The maximum Gasteiger partial charge on any atom is 0.324 e. The lowest BCUT2D eigenvalue weighted by Gasteiger charge is -2.21. The SMILES string of the molecule is CCC1OCc2cccc(Oc3ccc(N4C(=O)N[C@H](CC)C4O)cn3)c21. The number of urea groups is 1. The summed E-state index contributed by atoms with van der Waals surface area (Å²) in [6.07, 6.45) is 2.19. The molecule has 0 spiro atoms. The molecule has 0 bridgehead atoms. The molecule has 2 amide bonds. The molecule has 27 heavy (non-hydrogen) atoms. The van der Waals surface area contributed by atoms with Crippen LogP contribution in [0.4, 0.5) is 10.5 Å². The van der Waals surface area contributed by atoms with Gasteiger partial charge in [0.05, 0.1) is 30.6 Å². The Hall–Kier alpha value is -2.64. The lowest BCUT2D eigenvalue weighted by atomic mass is 10.0. The number of ether oxygens (including phenoxy) is 2. The number of rotatable bonds is 5. The molecule has 1 aromatic heterocycles. The minimum absolute atomic E-state index is 0.0323. The second kappa shape index (κ2) is 7.17. The maximum absolute atomic E-state index is 12.1. The molecule has 2 N–H and O–H groups in total. The van der Waals surface area contributed by atoms with Gasteiger partial charge in [-0.2, -0.15) is 0 Å². The third-order valence-corrected chi connectivity index (χ3v) is 5.09. The van der Waals surface area contributed by atoms with Crippen molar-refractivity contribution >= 4 is 11.7 Å². The monoisotopic (exact) mass is 369 g/mol. The Kier molecular flexibility index (Phi) is 4.72. The van der Waals surface area contributed by atoms with Crippen LogP contribution in [0.3, 0.4) is 0 Å². The van der Waals surface area contributed by atoms with Crippen molar-refractivity contribution in [2.75, 3.05) is 4.90 Å². The number of hydrogen-bond acceptors (Lipinski definition) is 5. The van der Waals surface area contributed by atoms with Crippen molar-refractivity contribution in [2.24, 2.45) is 0 Å². The molecule has 4 rings (SSSR count). The Labute approximate surface area is 157 Å². The number of benzene rings is 1. The highest BCUT2D eigenvalue weighted by atomic mass is 16.5. The number of nitrogens with one attached hydrogen (secondary N) is 1. The van der Waals surface area contributed by atoms with Crippen LogP contribution < -0.4 is 15.0 Å². The van der Waals surface area contributed by atoms with Crippen molar-refractivity contribution < 1.29 is 19.4 Å². The number of nitrogens with zero attached hydrogens (tertiary/aromatic N) is 2. The first-order valence-corrected chi connectivity index (χ1v) is 9.27. The Balaban J connectivity index is 1.55. The van der Waals surface area contributed by atoms with Crippen molar-refractivity contribution in [3.05, 3.63) is 47.7 Å². The van der Waals surface area contributed by atoms with Gasteiger partial charge in [0.15, 0.2) is 6.23 Å². The minimum atomic E-state index is -0.907. The lowest BCUT2D eigenvalue weighted by Crippen LogP contribution is -2.36. The zero-order chi connectivity index (χ0) is 19.0. The van der Waals surface area contributed by atoms with Crippen molar-refractivity contribution in [3.8, 4) is 11.6 Å². The van der Waals surface area contributed by atoms with E-state index in [1.807, 2.05) is 25.1 Å². The topological polar surface area (TPSA) is 83.9 Å². The van der Waals surface area contributed by atoms with E-state index in [0.29, 0.717) is 24.6 Å². The standard InChI is InChI=1S/C20H23N3O4/c1-3-14-19(24)23(20(25)22-14)13-8-9-17(21-10-13)27-16-7-5-6-12-11-26-15(4-2)18(12)16/h5-10,14-15,19,24H,3-4,11H2,1-2H3,(H,22,25)/t14-,15?,19?/m1/s1. The number of carbonyl (C=O) groups excluding carboxylic acids is 1. The first-order valence-electron chi connectivity index (χ1n) is 9.27. The van der Waals surface area contributed by atoms with Gasteiger partial charge < -0.3 is 19.9 Å². The average Bonchev–Trinajstić information content (AvgIpc) is 3.23. The summed E-state index contributed by atoms with van der Waals surface area (Å²) in [5, 5.41) is 13.1. The summed E-state index contributed by atoms with van der Waals surface area (Å²) in [4.78, 5) is 17.7. The number of amides is 2. The molecule has 1 aromatic carbocycles. The van der Waals surface area contributed by atoms with Gasteiger partial charge in [-0.05, 0) is 30.5 Å². The molecular formula is C20H23N3O4. The van der Waals surface area contributed by atoms with Gasteiger partial charge in [-0.3, -0.25) is 4.90 Å². The van der Waals surface area contributed by atoms with Crippen LogP contribution >= 0.6 is 0 Å². The lowest BCUT2D eigenvalue weighted by molar-refractivity contribution is 0.0627. The van der Waals surface area contributed by atoms with E-state index in [1.54, 1.807) is 12.1 Å². The van der Waals surface area contributed by atoms with E-state index in [9.17, 15) is 9.90 Å². The van der Waals surface area contributed by atoms with Gasteiger partial charge in [0, 0.05) is 11.6 Å². The number of anilines is 1. The smallest absolute Gasteiger partial charge is 0.324 e. The fraction of sp³-hybridized carbons (Fsp3) is 0.400. The van der Waals surface area contributed by atoms with Gasteiger partial charge in [0.25, 0.3) is 0 Å². The second-order valence-corrected chi connectivity index (χ2v) is 6.74. The molecule has 2 aliphatic heterocycles. The maximum atomic E-state index is 12.1. The molecule has 3 heterocycles. The second-order valence-electron chi connectivity index (χ2n) is 6.74. The number of carbonyl (C=O) groups is 1. The van der Waals surface area contributed by atoms with Gasteiger partial charge in [-0.25, -0.2) is 9.78 Å². The van der Waals surface area contributed by atoms with E-state index in [1.165, 1.54) is 11.1 Å². The Bertz CT molecular complexity index is 840. The quantitative estimate of drug-likeness (QED) is 0.843. The Morgan fingerprint density at radius 3 is 2.81 bits per heavy atom. The number of pyridine rings is 1. The molecule has 7 heteroatoms. The minimum Gasteiger partial charge on any atom is -0.439 e. The van der Waals surface area contributed by atoms with E-state index < -0.39 is 6.23 Å². The van der Waals surface area contributed by atoms with E-state index in [4.69, 9.17) is 9.47 Å². The molecule has 3 atom stereocenters. The van der Waals surface area contributed by atoms with Gasteiger partial charge in [-0.15, -0.1) is 0 Å². The van der Waals surface area contributed by atoms with E-state index in [-0.39, 0.29) is 18.2 Å². The largest absolute Gasteiger partial charge is 0.439 e. The van der Waals surface area contributed by atoms with Crippen LogP contribution in [0.25, 0.3) is 0 Å². The first kappa shape index (κ1) is 17.8. The molecule has 1 saturated heterocycles. The van der Waals surface area contributed by atoms with Crippen molar-refractivity contribution in [1.82, 2.24) is 10.3 Å². The molecular weight excluding hydrogens is 346 g/mol. The van der Waals surface area contributed by atoms with E-state index >= 15 is 0 Å². The van der Waals surface area contributed by atoms with Gasteiger partial charge >= 0.3 is 6.03 Å². The van der Waals surface area contributed by atoms with Crippen LogP contribution in [0.1, 0.15) is 43.9 Å². The number of fused-ring (bicyclic) bond motifs is 1. The predicted molar refractivity (Wildman–Crippen MR) is 99.7 cm³/mol. The van der Waals surface area contributed by atoms with Crippen molar-refractivity contribution in [3.63, 3.8) is 0 Å². The fourth-order valence-electron chi connectivity index (χ4n) is 3.64. The Morgan fingerprint density at radius 1 is 1.30 bits per heavy atom. The summed E-state index contributed by atoms with van der Waals surface area (Å²) in [7, 11) is 0. The van der Waals surface area contributed by atoms with Crippen molar-refractivity contribution in [2.45, 2.75) is 51.7 Å². The average molecular weight is 369 g/mol. The number of hydrogen-bond donors (Lipinski definition) is 2. The highest BCUT2D eigenvalue weighted by molar-refractivity contribution is 5.94. The van der Waals surface area contributed by atoms with Crippen LogP contribution in [-0.4, -0.2) is 28.4 Å². The normalized spacial score (nSPS) is 24.0. The molecule has 2 aliphatic rings. The summed E-state index contributed by atoms with van der Waals surface area (Å²) in [6, 6.07) is 8.71. The molecule has 2 unspecified atom stereocenters. The predicted octanol–water partition coefficient (Wildman–Crippen LogP) is 3.48. The van der Waals surface area contributed by atoms with Gasteiger partial charge in [0.1, 0.15) is 5.75 Å². The van der Waals surface area contributed by atoms with Crippen LogP contribution in [0.5, 0.6) is 11.6 Å². The van der Waals surface area contributed by atoms with Gasteiger partial charge in [0.2, 0.25) is 5.88 Å². The third-order valence-electron chi connectivity index (χ3n) is 5.09.